The zero-order chi connectivity index (χ0) is 19.8. The standard InChI is InChI=1S/C22H27N3O3.ClH/c23-12-6-13-24(16-18-7-2-1-3-8-18)22(27)17-28-20-10-4-9-19(15-20)25-14-5-11-21(25)26;/h1-4,7-10,15H,5-6,11-14,16-17,23H2;1H. The average Bonchev–Trinajstić information content (AvgIpc) is 3.16. The summed E-state index contributed by atoms with van der Waals surface area (Å²) in [5.41, 5.74) is 7.51. The molecule has 1 heterocycles. The number of hydrogen-bond acceptors (Lipinski definition) is 4. The Bertz CT molecular complexity index is 801. The van der Waals surface area contributed by atoms with Crippen LogP contribution in [0.25, 0.3) is 0 Å². The van der Waals surface area contributed by atoms with E-state index in [1.165, 1.54) is 0 Å². The van der Waals surface area contributed by atoms with Gasteiger partial charge in [-0.15, -0.1) is 12.4 Å². The zero-order valence-electron chi connectivity index (χ0n) is 16.5. The molecule has 1 aliphatic rings. The van der Waals surface area contributed by atoms with Crippen LogP contribution >= 0.6 is 12.4 Å². The van der Waals surface area contributed by atoms with Gasteiger partial charge in [0.15, 0.2) is 6.61 Å². The summed E-state index contributed by atoms with van der Waals surface area (Å²) in [4.78, 5) is 28.2. The molecule has 7 heteroatoms. The molecule has 156 valence electrons. The summed E-state index contributed by atoms with van der Waals surface area (Å²) in [5.74, 6) is 0.632. The minimum absolute atomic E-state index is 0. The van der Waals surface area contributed by atoms with E-state index < -0.39 is 0 Å². The molecule has 0 aromatic heterocycles. The van der Waals surface area contributed by atoms with Gasteiger partial charge in [0.1, 0.15) is 5.75 Å². The van der Waals surface area contributed by atoms with E-state index in [9.17, 15) is 9.59 Å². The smallest absolute Gasteiger partial charge is 0.260 e. The van der Waals surface area contributed by atoms with E-state index >= 15 is 0 Å². The molecule has 0 atom stereocenters. The minimum Gasteiger partial charge on any atom is -0.484 e. The van der Waals surface area contributed by atoms with Crippen LogP contribution in [-0.4, -0.2) is 43.0 Å². The van der Waals surface area contributed by atoms with Crippen molar-refractivity contribution in [3.8, 4) is 5.75 Å². The summed E-state index contributed by atoms with van der Waals surface area (Å²) in [6.45, 7) is 2.34. The van der Waals surface area contributed by atoms with Gasteiger partial charge in [-0.3, -0.25) is 9.59 Å². The van der Waals surface area contributed by atoms with Crippen LogP contribution in [0.5, 0.6) is 5.75 Å². The van der Waals surface area contributed by atoms with Crippen LogP contribution in [0.2, 0.25) is 0 Å². The predicted molar refractivity (Wildman–Crippen MR) is 116 cm³/mol. The molecule has 3 rings (SSSR count). The number of amides is 2. The minimum atomic E-state index is -0.0834. The highest BCUT2D eigenvalue weighted by molar-refractivity contribution is 5.95. The summed E-state index contributed by atoms with van der Waals surface area (Å²) in [5, 5.41) is 0. The van der Waals surface area contributed by atoms with Crippen LogP contribution in [-0.2, 0) is 16.1 Å². The molecule has 0 saturated carbocycles. The molecule has 0 unspecified atom stereocenters. The molecule has 1 saturated heterocycles. The Hall–Kier alpha value is -2.57. The van der Waals surface area contributed by atoms with E-state index in [-0.39, 0.29) is 30.8 Å². The van der Waals surface area contributed by atoms with Gasteiger partial charge in [0.2, 0.25) is 5.91 Å². The normalized spacial score (nSPS) is 13.1. The zero-order valence-corrected chi connectivity index (χ0v) is 17.3. The maximum atomic E-state index is 12.7. The number of anilines is 1. The summed E-state index contributed by atoms with van der Waals surface area (Å²) in [6, 6.07) is 17.2. The summed E-state index contributed by atoms with van der Waals surface area (Å²) in [7, 11) is 0. The first-order valence-electron chi connectivity index (χ1n) is 9.72. The molecule has 2 aromatic rings. The molecule has 29 heavy (non-hydrogen) atoms. The third-order valence-electron chi connectivity index (χ3n) is 4.77. The molecule has 0 spiro atoms. The van der Waals surface area contributed by atoms with Crippen molar-refractivity contribution in [1.29, 1.82) is 0 Å². The van der Waals surface area contributed by atoms with E-state index in [2.05, 4.69) is 0 Å². The lowest BCUT2D eigenvalue weighted by atomic mass is 10.2. The Balaban J connectivity index is 0.00000300. The quantitative estimate of drug-likeness (QED) is 0.680. The maximum Gasteiger partial charge on any atom is 0.260 e. The van der Waals surface area contributed by atoms with Gasteiger partial charge in [0.05, 0.1) is 0 Å². The van der Waals surface area contributed by atoms with Crippen molar-refractivity contribution in [2.45, 2.75) is 25.8 Å². The van der Waals surface area contributed by atoms with Gasteiger partial charge in [-0.05, 0) is 37.1 Å². The number of carbonyl (C=O) groups excluding carboxylic acids is 2. The van der Waals surface area contributed by atoms with Gasteiger partial charge >= 0.3 is 0 Å². The van der Waals surface area contributed by atoms with E-state index in [1.807, 2.05) is 48.5 Å². The van der Waals surface area contributed by atoms with E-state index in [0.29, 0.717) is 31.8 Å². The van der Waals surface area contributed by atoms with Crippen LogP contribution in [0.3, 0.4) is 0 Å². The molecular formula is C22H28ClN3O3. The van der Waals surface area contributed by atoms with Crippen molar-refractivity contribution in [2.24, 2.45) is 5.73 Å². The van der Waals surface area contributed by atoms with E-state index in [4.69, 9.17) is 10.5 Å². The van der Waals surface area contributed by atoms with Crippen molar-refractivity contribution in [3.05, 3.63) is 60.2 Å². The Morgan fingerprint density at radius 2 is 1.93 bits per heavy atom. The number of nitrogens with zero attached hydrogens (tertiary/aromatic N) is 2. The van der Waals surface area contributed by atoms with Crippen molar-refractivity contribution >= 4 is 29.9 Å². The summed E-state index contributed by atoms with van der Waals surface area (Å²) >= 11 is 0. The molecule has 0 aliphatic carbocycles. The van der Waals surface area contributed by atoms with Crippen LogP contribution in [0.15, 0.2) is 54.6 Å². The summed E-state index contributed by atoms with van der Waals surface area (Å²) in [6.07, 6.45) is 2.20. The number of hydrogen-bond donors (Lipinski definition) is 1. The van der Waals surface area contributed by atoms with Crippen molar-refractivity contribution in [2.75, 3.05) is 31.1 Å². The van der Waals surface area contributed by atoms with Crippen LogP contribution in [0.4, 0.5) is 5.69 Å². The lowest BCUT2D eigenvalue weighted by Crippen LogP contribution is -2.36. The van der Waals surface area contributed by atoms with Crippen LogP contribution in [0, 0.1) is 0 Å². The SMILES string of the molecule is Cl.NCCCN(Cc1ccccc1)C(=O)COc1cccc(N2CCCC2=O)c1. The Labute approximate surface area is 178 Å². The molecule has 1 aliphatic heterocycles. The Kier molecular flexibility index (Phi) is 8.96. The number of carbonyl (C=O) groups is 2. The number of halogens is 1. The van der Waals surface area contributed by atoms with Crippen molar-refractivity contribution in [1.82, 2.24) is 4.90 Å². The molecule has 1 fully saturated rings. The molecule has 6 nitrogen and oxygen atoms in total. The van der Waals surface area contributed by atoms with Gasteiger partial charge in [0, 0.05) is 37.8 Å². The van der Waals surface area contributed by atoms with E-state index in [1.54, 1.807) is 15.9 Å². The molecule has 2 amide bonds. The van der Waals surface area contributed by atoms with Gasteiger partial charge in [-0.2, -0.15) is 0 Å². The van der Waals surface area contributed by atoms with Gasteiger partial charge in [-0.25, -0.2) is 0 Å². The van der Waals surface area contributed by atoms with Crippen LogP contribution < -0.4 is 15.4 Å². The van der Waals surface area contributed by atoms with Crippen molar-refractivity contribution in [3.63, 3.8) is 0 Å². The number of ether oxygens (including phenoxy) is 1. The lowest BCUT2D eigenvalue weighted by Gasteiger charge is -2.23. The maximum absolute atomic E-state index is 12.7. The topological polar surface area (TPSA) is 75.9 Å². The molecular weight excluding hydrogens is 390 g/mol. The van der Waals surface area contributed by atoms with Gasteiger partial charge in [0.25, 0.3) is 5.91 Å². The molecule has 0 bridgehead atoms. The number of benzene rings is 2. The highest BCUT2D eigenvalue weighted by atomic mass is 35.5. The average molecular weight is 418 g/mol. The fourth-order valence-corrected chi connectivity index (χ4v) is 3.28. The molecule has 0 radical (unpaired) electrons. The second kappa shape index (κ2) is 11.4. The fourth-order valence-electron chi connectivity index (χ4n) is 3.28. The van der Waals surface area contributed by atoms with Crippen LogP contribution in [0.1, 0.15) is 24.8 Å². The first kappa shape index (κ1) is 22.7. The number of rotatable bonds is 9. The van der Waals surface area contributed by atoms with E-state index in [0.717, 1.165) is 30.6 Å². The monoisotopic (exact) mass is 417 g/mol. The number of nitrogens with two attached hydrogens (primary N) is 1. The largest absolute Gasteiger partial charge is 0.484 e. The Morgan fingerprint density at radius 3 is 2.62 bits per heavy atom. The van der Waals surface area contributed by atoms with Gasteiger partial charge in [-0.1, -0.05) is 36.4 Å². The lowest BCUT2D eigenvalue weighted by molar-refractivity contribution is -0.134. The second-order valence-corrected chi connectivity index (χ2v) is 6.88. The third kappa shape index (κ3) is 6.48. The second-order valence-electron chi connectivity index (χ2n) is 6.88. The Morgan fingerprint density at radius 1 is 1.14 bits per heavy atom. The highest BCUT2D eigenvalue weighted by Gasteiger charge is 2.22. The highest BCUT2D eigenvalue weighted by Crippen LogP contribution is 2.25. The fraction of sp³-hybridized carbons (Fsp3) is 0.364. The first-order chi connectivity index (χ1) is 13.7. The molecule has 2 aromatic carbocycles. The van der Waals surface area contributed by atoms with Gasteiger partial charge < -0.3 is 20.3 Å². The summed E-state index contributed by atoms with van der Waals surface area (Å²) < 4.78 is 5.74. The predicted octanol–water partition coefficient (Wildman–Crippen LogP) is 2.99. The first-order valence-corrected chi connectivity index (χ1v) is 9.72. The van der Waals surface area contributed by atoms with Crippen molar-refractivity contribution < 1.29 is 14.3 Å². The molecule has 2 N–H and O–H groups in total. The third-order valence-corrected chi connectivity index (χ3v) is 4.77.